The topological polar surface area (TPSA) is 157 Å². The summed E-state index contributed by atoms with van der Waals surface area (Å²) < 4.78 is 43.1. The van der Waals surface area contributed by atoms with Crippen LogP contribution in [-0.2, 0) is 14.6 Å². The lowest BCUT2D eigenvalue weighted by molar-refractivity contribution is -0.126. The number of anilines is 2. The molecule has 0 spiro atoms. The van der Waals surface area contributed by atoms with Crippen molar-refractivity contribution in [3.8, 4) is 17.1 Å². The van der Waals surface area contributed by atoms with Crippen LogP contribution in [0.5, 0.6) is 0 Å². The molecule has 2 N–H and O–H groups in total. The highest BCUT2D eigenvalue weighted by molar-refractivity contribution is 7.90. The van der Waals surface area contributed by atoms with E-state index in [2.05, 4.69) is 26.5 Å². The fourth-order valence-corrected chi connectivity index (χ4v) is 7.07. The van der Waals surface area contributed by atoms with Crippen molar-refractivity contribution in [2.75, 3.05) is 36.5 Å². The summed E-state index contributed by atoms with van der Waals surface area (Å²) in [5.74, 6) is -0.844. The van der Waals surface area contributed by atoms with Crippen LogP contribution in [0, 0.1) is 5.82 Å². The lowest BCUT2D eigenvalue weighted by Crippen LogP contribution is -2.54. The summed E-state index contributed by atoms with van der Waals surface area (Å²) in [5.41, 5.74) is 7.18. The van der Waals surface area contributed by atoms with Crippen LogP contribution < -0.4 is 16.3 Å². The SMILES string of the molecule is C=CC(=O)N1CCN(c2nc(=O)n(-c3c(S(C)(=O)=O)ccnc3C3CCC3)c3nc(-c4ncsc4N)c(F)cc23)[C@@H](C)C1. The first-order valence-corrected chi connectivity index (χ1v) is 16.5. The molecule has 2 aliphatic rings. The maximum absolute atomic E-state index is 15.8. The normalized spacial score (nSPS) is 17.7. The lowest BCUT2D eigenvalue weighted by Gasteiger charge is -2.40. The van der Waals surface area contributed by atoms with E-state index in [1.165, 1.54) is 29.9 Å². The van der Waals surface area contributed by atoms with E-state index in [4.69, 9.17) is 5.73 Å². The number of carbonyl (C=O) groups excluding carboxylic acids is 1. The molecule has 1 saturated carbocycles. The van der Waals surface area contributed by atoms with Crippen molar-refractivity contribution in [1.29, 1.82) is 0 Å². The number of sulfone groups is 1. The molecule has 4 aromatic heterocycles. The Hall–Kier alpha value is -4.24. The smallest absolute Gasteiger partial charge is 0.355 e. The van der Waals surface area contributed by atoms with Crippen molar-refractivity contribution in [3.05, 3.63) is 58.5 Å². The molecule has 5 heterocycles. The number of aromatic nitrogens is 5. The number of hydrogen-bond donors (Lipinski definition) is 1. The van der Waals surface area contributed by atoms with E-state index in [1.54, 1.807) is 4.90 Å². The summed E-state index contributed by atoms with van der Waals surface area (Å²) in [6.45, 7) is 6.39. The Balaban J connectivity index is 1.66. The molecule has 12 nitrogen and oxygen atoms in total. The summed E-state index contributed by atoms with van der Waals surface area (Å²) in [7, 11) is -3.85. The Morgan fingerprint density at radius 2 is 1.98 bits per heavy atom. The molecular formula is C28H29FN8O4S2. The molecule has 6 rings (SSSR count). The highest BCUT2D eigenvalue weighted by atomic mass is 32.2. The van der Waals surface area contributed by atoms with Gasteiger partial charge in [-0.1, -0.05) is 13.0 Å². The molecule has 1 saturated heterocycles. The maximum Gasteiger partial charge on any atom is 0.355 e. The number of amides is 1. The quantitative estimate of drug-likeness (QED) is 0.316. The summed E-state index contributed by atoms with van der Waals surface area (Å²) in [6, 6.07) is 2.28. The van der Waals surface area contributed by atoms with Gasteiger partial charge in [-0.05, 0) is 38.0 Å². The van der Waals surface area contributed by atoms with Gasteiger partial charge in [0.05, 0.1) is 27.2 Å². The molecule has 1 atom stereocenters. The molecule has 2 fully saturated rings. The number of nitrogen functional groups attached to an aromatic ring is 1. The minimum Gasteiger partial charge on any atom is -0.389 e. The molecule has 224 valence electrons. The summed E-state index contributed by atoms with van der Waals surface area (Å²) in [4.78, 5) is 47.4. The molecule has 15 heteroatoms. The first-order valence-electron chi connectivity index (χ1n) is 13.7. The fraction of sp³-hybridized carbons (Fsp3) is 0.357. The van der Waals surface area contributed by atoms with E-state index in [0.717, 1.165) is 41.4 Å². The van der Waals surface area contributed by atoms with E-state index < -0.39 is 21.3 Å². The molecule has 1 aliphatic heterocycles. The summed E-state index contributed by atoms with van der Waals surface area (Å²) >= 11 is 1.11. The van der Waals surface area contributed by atoms with E-state index in [1.807, 2.05) is 11.8 Å². The predicted octanol–water partition coefficient (Wildman–Crippen LogP) is 2.91. The highest BCUT2D eigenvalue weighted by Crippen LogP contribution is 2.41. The van der Waals surface area contributed by atoms with Gasteiger partial charge < -0.3 is 15.5 Å². The van der Waals surface area contributed by atoms with E-state index in [9.17, 15) is 18.0 Å². The minimum absolute atomic E-state index is 0.00549. The largest absolute Gasteiger partial charge is 0.389 e. The second-order valence-corrected chi connectivity index (χ2v) is 13.7. The van der Waals surface area contributed by atoms with Crippen LogP contribution in [0.15, 0.2) is 46.2 Å². The van der Waals surface area contributed by atoms with Gasteiger partial charge in [0, 0.05) is 44.0 Å². The van der Waals surface area contributed by atoms with Gasteiger partial charge in [0.15, 0.2) is 21.3 Å². The monoisotopic (exact) mass is 624 g/mol. The summed E-state index contributed by atoms with van der Waals surface area (Å²) in [5, 5.41) is 0.423. The zero-order valence-corrected chi connectivity index (χ0v) is 25.2. The Morgan fingerprint density at radius 1 is 1.21 bits per heavy atom. The molecule has 1 amide bonds. The molecule has 0 unspecified atom stereocenters. The Kier molecular flexibility index (Phi) is 7.24. The van der Waals surface area contributed by atoms with Gasteiger partial charge in [-0.3, -0.25) is 9.78 Å². The molecule has 4 aromatic rings. The van der Waals surface area contributed by atoms with E-state index in [-0.39, 0.29) is 61.7 Å². The first-order chi connectivity index (χ1) is 20.5. The second-order valence-electron chi connectivity index (χ2n) is 10.8. The molecule has 1 aliphatic carbocycles. The third-order valence-electron chi connectivity index (χ3n) is 8.04. The number of hydrogen-bond acceptors (Lipinski definition) is 11. The zero-order chi connectivity index (χ0) is 30.6. The van der Waals surface area contributed by atoms with Gasteiger partial charge in [0.25, 0.3) is 0 Å². The van der Waals surface area contributed by atoms with E-state index >= 15 is 4.39 Å². The second kappa shape index (κ2) is 10.8. The number of fused-ring (bicyclic) bond motifs is 1. The molecule has 0 aromatic carbocycles. The number of carbonyl (C=O) groups is 1. The number of nitrogens with two attached hydrogens (primary N) is 1. The highest BCUT2D eigenvalue weighted by Gasteiger charge is 2.33. The van der Waals surface area contributed by atoms with Crippen molar-refractivity contribution in [1.82, 2.24) is 29.4 Å². The van der Waals surface area contributed by atoms with Crippen LogP contribution in [-0.4, -0.2) is 75.7 Å². The average molecular weight is 625 g/mol. The number of piperazine rings is 1. The van der Waals surface area contributed by atoms with Gasteiger partial charge >= 0.3 is 5.69 Å². The van der Waals surface area contributed by atoms with Crippen LogP contribution in [0.1, 0.15) is 37.8 Å². The van der Waals surface area contributed by atoms with Gasteiger partial charge in [-0.15, -0.1) is 11.3 Å². The van der Waals surface area contributed by atoms with Gasteiger partial charge in [0.2, 0.25) is 5.91 Å². The van der Waals surface area contributed by atoms with Crippen molar-refractivity contribution >= 4 is 48.9 Å². The number of rotatable bonds is 6. The third kappa shape index (κ3) is 4.95. The third-order valence-corrected chi connectivity index (χ3v) is 9.82. The minimum atomic E-state index is -3.85. The van der Waals surface area contributed by atoms with Crippen LogP contribution in [0.4, 0.5) is 15.2 Å². The van der Waals surface area contributed by atoms with Gasteiger partial charge in [0.1, 0.15) is 22.2 Å². The Bertz CT molecular complexity index is 1950. The van der Waals surface area contributed by atoms with Crippen LogP contribution in [0.3, 0.4) is 0 Å². The molecule has 0 bridgehead atoms. The average Bonchev–Trinajstić information content (AvgIpc) is 3.36. The number of thiazole rings is 1. The summed E-state index contributed by atoms with van der Waals surface area (Å²) in [6.07, 6.45) is 6.22. The first kappa shape index (κ1) is 28.9. The zero-order valence-electron chi connectivity index (χ0n) is 23.5. The standard InChI is InChI=1S/C28H29FN8O4S2/c1-4-20(38)35-10-11-36(15(2)13-35)26-17-12-18(29)22(23-25(30)42-14-32-23)33-27(17)37(28(39)34-26)24-19(43(3,40)41)8-9-31-21(24)16-6-5-7-16/h4,8-9,12,14-16H,1,5-7,10-11,13,30H2,2-3H3/t15-/m0/s1. The van der Waals surface area contributed by atoms with Gasteiger partial charge in [-0.25, -0.2) is 32.1 Å². The Labute approximate surface area is 250 Å². The molecular weight excluding hydrogens is 595 g/mol. The van der Waals surface area contributed by atoms with Crippen molar-refractivity contribution in [3.63, 3.8) is 0 Å². The van der Waals surface area contributed by atoms with Crippen LogP contribution >= 0.6 is 11.3 Å². The molecule has 0 radical (unpaired) electrons. The van der Waals surface area contributed by atoms with Crippen LogP contribution in [0.25, 0.3) is 28.1 Å². The lowest BCUT2D eigenvalue weighted by atomic mass is 9.82. The predicted molar refractivity (Wildman–Crippen MR) is 162 cm³/mol. The molecule has 43 heavy (non-hydrogen) atoms. The van der Waals surface area contributed by atoms with E-state index in [0.29, 0.717) is 25.3 Å². The van der Waals surface area contributed by atoms with Crippen molar-refractivity contribution < 1.29 is 17.6 Å². The van der Waals surface area contributed by atoms with Crippen molar-refractivity contribution in [2.45, 2.75) is 43.0 Å². The van der Waals surface area contributed by atoms with Crippen LogP contribution in [0.2, 0.25) is 0 Å². The number of halogens is 1. The van der Waals surface area contributed by atoms with Crippen molar-refractivity contribution in [2.24, 2.45) is 0 Å². The Morgan fingerprint density at radius 3 is 2.58 bits per heavy atom. The maximum atomic E-state index is 15.8. The fourth-order valence-electron chi connectivity index (χ4n) is 5.68. The van der Waals surface area contributed by atoms with Gasteiger partial charge in [-0.2, -0.15) is 4.98 Å². The number of pyridine rings is 2. The number of nitrogens with zero attached hydrogens (tertiary/aromatic N) is 7.